The summed E-state index contributed by atoms with van der Waals surface area (Å²) in [5.41, 5.74) is 0.936. The topological polar surface area (TPSA) is 63.1 Å². The third kappa shape index (κ3) is 3.23. The van der Waals surface area contributed by atoms with Gasteiger partial charge in [0.1, 0.15) is 10.0 Å². The third-order valence-electron chi connectivity index (χ3n) is 2.05. The number of aromatic carboxylic acids is 1. The number of halogens is 2. The van der Waals surface area contributed by atoms with E-state index in [1.165, 1.54) is 11.8 Å². The predicted molar refractivity (Wildman–Crippen MR) is 75.6 cm³/mol. The Kier molecular flexibility index (Phi) is 4.60. The van der Waals surface area contributed by atoms with Crippen LogP contribution in [0.15, 0.2) is 27.6 Å². The van der Waals surface area contributed by atoms with E-state index in [-0.39, 0.29) is 5.56 Å². The molecule has 18 heavy (non-hydrogen) atoms. The maximum Gasteiger partial charge on any atom is 0.336 e. The fourth-order valence-corrected chi connectivity index (χ4v) is 3.55. The second-order valence-electron chi connectivity index (χ2n) is 3.23. The Morgan fingerprint density at radius 1 is 1.56 bits per heavy atom. The van der Waals surface area contributed by atoms with E-state index in [0.717, 1.165) is 16.0 Å². The quantitative estimate of drug-likeness (QED) is 0.831. The molecule has 2 rings (SSSR count). The molecule has 1 heterocycles. The summed E-state index contributed by atoms with van der Waals surface area (Å²) in [5.74, 6) is -0.459. The van der Waals surface area contributed by atoms with E-state index in [1.54, 1.807) is 18.2 Å². The SMILES string of the molecule is O=C(O)c1ccc(Br)cc1SCc1nnsc1Cl. The van der Waals surface area contributed by atoms with Gasteiger partial charge in [0.25, 0.3) is 0 Å². The molecular weight excluding hydrogens is 360 g/mol. The molecule has 4 nitrogen and oxygen atoms in total. The highest BCUT2D eigenvalue weighted by Crippen LogP contribution is 2.31. The van der Waals surface area contributed by atoms with Crippen LogP contribution in [0, 0.1) is 0 Å². The number of aromatic nitrogens is 2. The summed E-state index contributed by atoms with van der Waals surface area (Å²) in [6.07, 6.45) is 0. The highest BCUT2D eigenvalue weighted by Gasteiger charge is 2.13. The zero-order chi connectivity index (χ0) is 13.1. The number of hydrogen-bond donors (Lipinski definition) is 1. The summed E-state index contributed by atoms with van der Waals surface area (Å²) in [4.78, 5) is 11.7. The monoisotopic (exact) mass is 364 g/mol. The minimum atomic E-state index is -0.951. The van der Waals surface area contributed by atoms with Gasteiger partial charge in [0.2, 0.25) is 0 Å². The molecule has 1 aromatic carbocycles. The Labute approximate surface area is 125 Å². The van der Waals surface area contributed by atoms with E-state index in [1.807, 2.05) is 0 Å². The minimum absolute atomic E-state index is 0.266. The smallest absolute Gasteiger partial charge is 0.336 e. The Balaban J connectivity index is 2.20. The van der Waals surface area contributed by atoms with Crippen LogP contribution < -0.4 is 0 Å². The van der Waals surface area contributed by atoms with Gasteiger partial charge in [-0.25, -0.2) is 4.79 Å². The van der Waals surface area contributed by atoms with Crippen LogP contribution in [0.1, 0.15) is 16.1 Å². The van der Waals surface area contributed by atoms with Crippen LogP contribution in [0.3, 0.4) is 0 Å². The molecule has 1 aromatic heterocycles. The van der Waals surface area contributed by atoms with Crippen molar-refractivity contribution in [3.63, 3.8) is 0 Å². The van der Waals surface area contributed by atoms with Gasteiger partial charge in [-0.1, -0.05) is 32.0 Å². The molecule has 0 saturated heterocycles. The first-order valence-electron chi connectivity index (χ1n) is 4.70. The fourth-order valence-electron chi connectivity index (χ4n) is 1.22. The van der Waals surface area contributed by atoms with Crippen LogP contribution in [0.2, 0.25) is 4.34 Å². The Morgan fingerprint density at radius 3 is 2.94 bits per heavy atom. The van der Waals surface area contributed by atoms with Crippen LogP contribution in [0.4, 0.5) is 0 Å². The molecule has 0 aliphatic rings. The number of benzene rings is 1. The van der Waals surface area contributed by atoms with E-state index in [0.29, 0.717) is 20.7 Å². The molecule has 8 heteroatoms. The summed E-state index contributed by atoms with van der Waals surface area (Å²) in [7, 11) is 0. The van der Waals surface area contributed by atoms with Crippen LogP contribution in [-0.2, 0) is 5.75 Å². The fraction of sp³-hybridized carbons (Fsp3) is 0.100. The van der Waals surface area contributed by atoms with Crippen molar-refractivity contribution in [1.82, 2.24) is 9.59 Å². The third-order valence-corrected chi connectivity index (χ3v) is 4.59. The lowest BCUT2D eigenvalue weighted by atomic mass is 10.2. The molecule has 0 unspecified atom stereocenters. The van der Waals surface area contributed by atoms with Crippen molar-refractivity contribution < 1.29 is 9.90 Å². The summed E-state index contributed by atoms with van der Waals surface area (Å²) < 4.78 is 5.10. The minimum Gasteiger partial charge on any atom is -0.478 e. The molecule has 0 bridgehead atoms. The molecular formula is C10H6BrClN2O2S2. The van der Waals surface area contributed by atoms with Crippen molar-refractivity contribution >= 4 is 56.8 Å². The van der Waals surface area contributed by atoms with E-state index >= 15 is 0 Å². The molecule has 1 N–H and O–H groups in total. The van der Waals surface area contributed by atoms with Crippen LogP contribution in [0.25, 0.3) is 0 Å². The normalized spacial score (nSPS) is 10.6. The maximum absolute atomic E-state index is 11.1. The first-order valence-corrected chi connectivity index (χ1v) is 7.63. The predicted octanol–water partition coefficient (Wildman–Crippen LogP) is 3.94. The second-order valence-corrected chi connectivity index (χ2v) is 6.52. The summed E-state index contributed by atoms with van der Waals surface area (Å²) in [6, 6.07) is 5.03. The van der Waals surface area contributed by atoms with Crippen LogP contribution in [0.5, 0.6) is 0 Å². The van der Waals surface area contributed by atoms with Crippen molar-refractivity contribution in [2.45, 2.75) is 10.6 Å². The van der Waals surface area contributed by atoms with Crippen molar-refractivity contribution in [3.8, 4) is 0 Å². The lowest BCUT2D eigenvalue weighted by Crippen LogP contribution is -1.98. The first-order chi connectivity index (χ1) is 8.58. The largest absolute Gasteiger partial charge is 0.478 e. The van der Waals surface area contributed by atoms with Crippen molar-refractivity contribution in [2.24, 2.45) is 0 Å². The van der Waals surface area contributed by atoms with Crippen molar-refractivity contribution in [1.29, 1.82) is 0 Å². The lowest BCUT2D eigenvalue weighted by molar-refractivity contribution is 0.0693. The van der Waals surface area contributed by atoms with Gasteiger partial charge in [0.15, 0.2) is 0 Å². The van der Waals surface area contributed by atoms with Crippen molar-refractivity contribution in [3.05, 3.63) is 38.3 Å². The summed E-state index contributed by atoms with van der Waals surface area (Å²) in [6.45, 7) is 0. The van der Waals surface area contributed by atoms with E-state index < -0.39 is 5.97 Å². The Hall–Kier alpha value is -0.630. The molecule has 0 fully saturated rings. The molecule has 0 atom stereocenters. The molecule has 0 saturated carbocycles. The van der Waals surface area contributed by atoms with E-state index in [4.69, 9.17) is 16.7 Å². The number of nitrogens with zero attached hydrogens (tertiary/aromatic N) is 2. The van der Waals surface area contributed by atoms with E-state index in [2.05, 4.69) is 25.5 Å². The first kappa shape index (κ1) is 13.8. The summed E-state index contributed by atoms with van der Waals surface area (Å²) in [5, 5.41) is 13.0. The van der Waals surface area contributed by atoms with Gasteiger partial charge < -0.3 is 5.11 Å². The average Bonchev–Trinajstić information content (AvgIpc) is 2.72. The van der Waals surface area contributed by atoms with E-state index in [9.17, 15) is 4.79 Å². The molecule has 0 radical (unpaired) electrons. The molecule has 2 aromatic rings. The zero-order valence-electron chi connectivity index (χ0n) is 8.76. The number of carbonyl (C=O) groups is 1. The Bertz CT molecular complexity index is 591. The number of thioether (sulfide) groups is 1. The van der Waals surface area contributed by atoms with Crippen LogP contribution in [-0.4, -0.2) is 20.7 Å². The molecule has 0 spiro atoms. The highest BCUT2D eigenvalue weighted by atomic mass is 79.9. The van der Waals surface area contributed by atoms with Gasteiger partial charge in [-0.15, -0.1) is 16.9 Å². The Morgan fingerprint density at radius 2 is 2.33 bits per heavy atom. The van der Waals surface area contributed by atoms with Gasteiger partial charge in [0, 0.05) is 26.7 Å². The molecule has 0 aliphatic heterocycles. The van der Waals surface area contributed by atoms with Gasteiger partial charge in [0.05, 0.1) is 5.56 Å². The highest BCUT2D eigenvalue weighted by molar-refractivity contribution is 9.10. The average molecular weight is 366 g/mol. The standard InChI is InChI=1S/C10H6BrClN2O2S2/c11-5-1-2-6(10(15)16)8(3-5)17-4-7-9(12)18-14-13-7/h1-3H,4H2,(H,15,16). The van der Waals surface area contributed by atoms with Gasteiger partial charge in [-0.3, -0.25) is 0 Å². The van der Waals surface area contributed by atoms with Gasteiger partial charge in [-0.05, 0) is 18.2 Å². The number of carboxylic acid groups (broad SMARTS) is 1. The zero-order valence-corrected chi connectivity index (χ0v) is 12.7. The van der Waals surface area contributed by atoms with Gasteiger partial charge >= 0.3 is 5.97 Å². The number of carboxylic acids is 1. The van der Waals surface area contributed by atoms with Crippen molar-refractivity contribution in [2.75, 3.05) is 0 Å². The molecule has 0 amide bonds. The number of hydrogen-bond acceptors (Lipinski definition) is 5. The molecule has 94 valence electrons. The molecule has 0 aliphatic carbocycles. The van der Waals surface area contributed by atoms with Gasteiger partial charge in [-0.2, -0.15) is 0 Å². The lowest BCUT2D eigenvalue weighted by Gasteiger charge is -2.05. The summed E-state index contributed by atoms with van der Waals surface area (Å²) >= 11 is 11.7. The van der Waals surface area contributed by atoms with Crippen LogP contribution >= 0.6 is 50.8 Å². The maximum atomic E-state index is 11.1. The second kappa shape index (κ2) is 6.01. The number of rotatable bonds is 4.